The second kappa shape index (κ2) is 4.87. The van der Waals surface area contributed by atoms with Gasteiger partial charge in [-0.3, -0.25) is 0 Å². The lowest BCUT2D eigenvalue weighted by Gasteiger charge is -2.50. The van der Waals surface area contributed by atoms with Crippen molar-refractivity contribution in [2.75, 3.05) is 0 Å². The molecule has 2 heteroatoms. The largest absolute Gasteiger partial charge is 0.392 e. The Balaban J connectivity index is 1.77. The molecule has 3 rings (SSSR count). The van der Waals surface area contributed by atoms with Crippen LogP contribution in [-0.4, -0.2) is 17.3 Å². The summed E-state index contributed by atoms with van der Waals surface area (Å²) in [4.78, 5) is 0. The summed E-state index contributed by atoms with van der Waals surface area (Å²) in [5.74, 6) is 0. The van der Waals surface area contributed by atoms with Crippen LogP contribution in [0.5, 0.6) is 0 Å². The second-order valence-electron chi connectivity index (χ2n) is 6.62. The van der Waals surface area contributed by atoms with Gasteiger partial charge in [0.25, 0.3) is 0 Å². The molecule has 0 aliphatic heterocycles. The van der Waals surface area contributed by atoms with Crippen molar-refractivity contribution in [3.63, 3.8) is 0 Å². The van der Waals surface area contributed by atoms with Gasteiger partial charge in [-0.2, -0.15) is 0 Å². The first kappa shape index (κ1) is 13.6. The highest BCUT2D eigenvalue weighted by atomic mass is 16.3. The molecule has 3 unspecified atom stereocenters. The Morgan fingerprint density at radius 3 is 2.50 bits per heavy atom. The van der Waals surface area contributed by atoms with Crippen LogP contribution < -0.4 is 5.32 Å². The van der Waals surface area contributed by atoms with E-state index in [1.807, 2.05) is 0 Å². The smallest absolute Gasteiger partial charge is 0.0621 e. The van der Waals surface area contributed by atoms with Crippen molar-refractivity contribution in [2.45, 2.75) is 45.4 Å². The van der Waals surface area contributed by atoms with Crippen molar-refractivity contribution >= 4 is 10.8 Å². The molecule has 2 nitrogen and oxygen atoms in total. The predicted octanol–water partition coefficient (Wildman–Crippen LogP) is 3.65. The molecule has 0 saturated heterocycles. The van der Waals surface area contributed by atoms with Crippen molar-refractivity contribution < 1.29 is 5.11 Å². The van der Waals surface area contributed by atoms with E-state index in [-0.39, 0.29) is 11.5 Å². The van der Waals surface area contributed by atoms with E-state index in [0.717, 1.165) is 6.42 Å². The average molecular weight is 269 g/mol. The van der Waals surface area contributed by atoms with Gasteiger partial charge in [-0.1, -0.05) is 50.2 Å². The minimum atomic E-state index is -0.177. The van der Waals surface area contributed by atoms with Crippen molar-refractivity contribution in [1.82, 2.24) is 5.32 Å². The van der Waals surface area contributed by atoms with Crippen molar-refractivity contribution in [3.8, 4) is 0 Å². The average Bonchev–Trinajstić information content (AvgIpc) is 2.46. The highest BCUT2D eigenvalue weighted by Crippen LogP contribution is 2.41. The van der Waals surface area contributed by atoms with Gasteiger partial charge in [-0.25, -0.2) is 0 Å². The van der Waals surface area contributed by atoms with Gasteiger partial charge in [0, 0.05) is 17.5 Å². The van der Waals surface area contributed by atoms with E-state index in [0.29, 0.717) is 12.1 Å². The molecule has 0 aromatic heterocycles. The lowest BCUT2D eigenvalue weighted by molar-refractivity contribution is -0.0754. The van der Waals surface area contributed by atoms with Crippen LogP contribution in [0.15, 0.2) is 42.5 Å². The normalized spacial score (nSPS) is 26.2. The Labute approximate surface area is 120 Å². The van der Waals surface area contributed by atoms with E-state index in [9.17, 15) is 5.11 Å². The summed E-state index contributed by atoms with van der Waals surface area (Å²) < 4.78 is 0. The molecule has 1 aliphatic carbocycles. The molecule has 2 aromatic rings. The Hall–Kier alpha value is -1.38. The van der Waals surface area contributed by atoms with E-state index >= 15 is 0 Å². The van der Waals surface area contributed by atoms with E-state index in [1.165, 1.54) is 16.3 Å². The molecule has 1 saturated carbocycles. The van der Waals surface area contributed by atoms with Crippen LogP contribution in [0.4, 0.5) is 0 Å². The maximum Gasteiger partial charge on any atom is 0.0621 e. The van der Waals surface area contributed by atoms with Crippen molar-refractivity contribution in [3.05, 3.63) is 48.0 Å². The molecular weight excluding hydrogens is 246 g/mol. The maximum absolute atomic E-state index is 9.83. The first-order chi connectivity index (χ1) is 9.48. The summed E-state index contributed by atoms with van der Waals surface area (Å²) >= 11 is 0. The van der Waals surface area contributed by atoms with E-state index < -0.39 is 0 Å². The lowest BCUT2D eigenvalue weighted by atomic mass is 9.64. The van der Waals surface area contributed by atoms with Crippen LogP contribution in [0.2, 0.25) is 0 Å². The van der Waals surface area contributed by atoms with Crippen molar-refractivity contribution in [2.24, 2.45) is 5.41 Å². The number of aliphatic hydroxyl groups excluding tert-OH is 1. The minimum absolute atomic E-state index is 0.0227. The molecular formula is C18H23NO. The third-order valence-corrected chi connectivity index (χ3v) is 4.94. The lowest BCUT2D eigenvalue weighted by Crippen LogP contribution is -2.60. The van der Waals surface area contributed by atoms with Gasteiger partial charge in [-0.05, 0) is 35.7 Å². The molecule has 3 atom stereocenters. The summed E-state index contributed by atoms with van der Waals surface area (Å²) in [5, 5.41) is 16.1. The standard InChI is InChI=1S/C18H23NO/c1-12(19-16-11-17(20)18(16,2)3)14-9-8-13-6-4-5-7-15(13)10-14/h4-10,12,16-17,19-20H,11H2,1-3H3. The first-order valence-electron chi connectivity index (χ1n) is 7.41. The van der Waals surface area contributed by atoms with Crippen LogP contribution in [-0.2, 0) is 0 Å². The third kappa shape index (κ3) is 2.23. The van der Waals surface area contributed by atoms with Crippen LogP contribution in [0.3, 0.4) is 0 Å². The zero-order valence-electron chi connectivity index (χ0n) is 12.4. The molecule has 0 heterocycles. The van der Waals surface area contributed by atoms with Gasteiger partial charge in [0.2, 0.25) is 0 Å². The van der Waals surface area contributed by atoms with Crippen molar-refractivity contribution in [1.29, 1.82) is 0 Å². The van der Waals surface area contributed by atoms with Crippen LogP contribution >= 0.6 is 0 Å². The van der Waals surface area contributed by atoms with E-state index in [1.54, 1.807) is 0 Å². The molecule has 106 valence electrons. The van der Waals surface area contributed by atoms with Gasteiger partial charge in [0.1, 0.15) is 0 Å². The molecule has 1 aliphatic rings. The third-order valence-electron chi connectivity index (χ3n) is 4.94. The molecule has 0 bridgehead atoms. The number of fused-ring (bicyclic) bond motifs is 1. The SMILES string of the molecule is CC(NC1CC(O)C1(C)C)c1ccc2ccccc2c1. The van der Waals surface area contributed by atoms with Gasteiger partial charge in [0.15, 0.2) is 0 Å². The molecule has 0 radical (unpaired) electrons. The summed E-state index contributed by atoms with van der Waals surface area (Å²) in [6.07, 6.45) is 0.675. The number of rotatable bonds is 3. The molecule has 20 heavy (non-hydrogen) atoms. The van der Waals surface area contributed by atoms with Gasteiger partial charge in [0.05, 0.1) is 6.10 Å². The number of nitrogens with one attached hydrogen (secondary N) is 1. The fourth-order valence-corrected chi connectivity index (χ4v) is 3.06. The minimum Gasteiger partial charge on any atom is -0.392 e. The van der Waals surface area contributed by atoms with Gasteiger partial charge >= 0.3 is 0 Å². The monoisotopic (exact) mass is 269 g/mol. The molecule has 2 N–H and O–H groups in total. The molecule has 2 aromatic carbocycles. The topological polar surface area (TPSA) is 32.3 Å². The Morgan fingerprint density at radius 2 is 1.85 bits per heavy atom. The van der Waals surface area contributed by atoms with Gasteiger partial charge in [-0.15, -0.1) is 0 Å². The zero-order valence-corrected chi connectivity index (χ0v) is 12.4. The summed E-state index contributed by atoms with van der Waals surface area (Å²) in [5.41, 5.74) is 1.28. The first-order valence-corrected chi connectivity index (χ1v) is 7.41. The summed E-state index contributed by atoms with van der Waals surface area (Å²) in [7, 11) is 0. The number of aliphatic hydroxyl groups is 1. The fourth-order valence-electron chi connectivity index (χ4n) is 3.06. The highest BCUT2D eigenvalue weighted by Gasteiger charge is 2.47. The van der Waals surface area contributed by atoms with Crippen LogP contribution in [0, 0.1) is 5.41 Å². The summed E-state index contributed by atoms with van der Waals surface area (Å²) in [6.45, 7) is 6.46. The highest BCUT2D eigenvalue weighted by molar-refractivity contribution is 5.83. The van der Waals surface area contributed by atoms with E-state index in [4.69, 9.17) is 0 Å². The second-order valence-corrected chi connectivity index (χ2v) is 6.62. The van der Waals surface area contributed by atoms with Crippen LogP contribution in [0.25, 0.3) is 10.8 Å². The Kier molecular flexibility index (Phi) is 3.31. The molecule has 1 fully saturated rings. The quantitative estimate of drug-likeness (QED) is 0.891. The summed E-state index contributed by atoms with van der Waals surface area (Å²) in [6, 6.07) is 15.8. The fraction of sp³-hybridized carbons (Fsp3) is 0.444. The van der Waals surface area contributed by atoms with E-state index in [2.05, 4.69) is 68.6 Å². The number of benzene rings is 2. The van der Waals surface area contributed by atoms with Crippen LogP contribution in [0.1, 0.15) is 38.8 Å². The zero-order chi connectivity index (χ0) is 14.3. The molecule has 0 spiro atoms. The number of hydrogen-bond acceptors (Lipinski definition) is 2. The molecule has 0 amide bonds. The Morgan fingerprint density at radius 1 is 1.15 bits per heavy atom. The number of hydrogen-bond donors (Lipinski definition) is 2. The van der Waals surface area contributed by atoms with Gasteiger partial charge < -0.3 is 10.4 Å². The predicted molar refractivity (Wildman–Crippen MR) is 83.7 cm³/mol. The maximum atomic E-state index is 9.83. The Bertz CT molecular complexity index is 620.